The van der Waals surface area contributed by atoms with Crippen LogP contribution in [0.4, 0.5) is 8.78 Å². The Kier molecular flexibility index (Phi) is 3.82. The average Bonchev–Trinajstić information content (AvgIpc) is 2.76. The first-order chi connectivity index (χ1) is 7.68. The first kappa shape index (κ1) is 11.9. The summed E-state index contributed by atoms with van der Waals surface area (Å²) in [5.74, 6) is 1.54. The highest BCUT2D eigenvalue weighted by Crippen LogP contribution is 2.27. The van der Waals surface area contributed by atoms with Crippen molar-refractivity contribution < 1.29 is 8.78 Å². The van der Waals surface area contributed by atoms with Crippen molar-refractivity contribution in [2.24, 2.45) is 11.7 Å². The van der Waals surface area contributed by atoms with Gasteiger partial charge in [-0.05, 0) is 42.4 Å². The SMILES string of the molecule is NC(Cc1c(F)cccc1F)C1CCSC1. The Morgan fingerprint density at radius 2 is 2.06 bits per heavy atom. The van der Waals surface area contributed by atoms with Crippen molar-refractivity contribution in [2.75, 3.05) is 11.5 Å². The minimum atomic E-state index is -0.485. The van der Waals surface area contributed by atoms with Gasteiger partial charge in [0.05, 0.1) is 0 Å². The van der Waals surface area contributed by atoms with E-state index >= 15 is 0 Å². The van der Waals surface area contributed by atoms with E-state index in [2.05, 4.69) is 0 Å². The number of rotatable bonds is 3. The molecule has 0 aromatic heterocycles. The van der Waals surface area contributed by atoms with Gasteiger partial charge in [0.1, 0.15) is 11.6 Å². The first-order valence-electron chi connectivity index (χ1n) is 5.44. The lowest BCUT2D eigenvalue weighted by molar-refractivity contribution is 0.444. The smallest absolute Gasteiger partial charge is 0.129 e. The molecule has 1 nitrogen and oxygen atoms in total. The molecule has 1 saturated heterocycles. The number of benzene rings is 1. The van der Waals surface area contributed by atoms with E-state index in [1.165, 1.54) is 18.2 Å². The molecule has 88 valence electrons. The van der Waals surface area contributed by atoms with Gasteiger partial charge < -0.3 is 5.73 Å². The molecule has 2 rings (SSSR count). The number of thioether (sulfide) groups is 1. The maximum absolute atomic E-state index is 13.4. The third kappa shape index (κ3) is 2.55. The van der Waals surface area contributed by atoms with E-state index in [1.54, 1.807) is 0 Å². The molecule has 0 bridgehead atoms. The van der Waals surface area contributed by atoms with Gasteiger partial charge in [0.25, 0.3) is 0 Å². The van der Waals surface area contributed by atoms with Crippen molar-refractivity contribution in [3.63, 3.8) is 0 Å². The quantitative estimate of drug-likeness (QED) is 0.883. The van der Waals surface area contributed by atoms with Gasteiger partial charge in [0.2, 0.25) is 0 Å². The highest BCUT2D eigenvalue weighted by atomic mass is 32.2. The Labute approximate surface area is 98.4 Å². The maximum Gasteiger partial charge on any atom is 0.129 e. The van der Waals surface area contributed by atoms with Crippen molar-refractivity contribution in [1.29, 1.82) is 0 Å². The molecule has 1 fully saturated rings. The molecule has 2 unspecified atom stereocenters. The second kappa shape index (κ2) is 5.15. The van der Waals surface area contributed by atoms with Gasteiger partial charge >= 0.3 is 0 Å². The molecule has 1 aliphatic rings. The molecule has 1 heterocycles. The monoisotopic (exact) mass is 243 g/mol. The zero-order valence-electron chi connectivity index (χ0n) is 8.96. The maximum atomic E-state index is 13.4. The van der Waals surface area contributed by atoms with Crippen LogP contribution in [0.2, 0.25) is 0 Å². The molecule has 4 heteroatoms. The van der Waals surface area contributed by atoms with Crippen LogP contribution in [0.3, 0.4) is 0 Å². The highest BCUT2D eigenvalue weighted by Gasteiger charge is 2.24. The van der Waals surface area contributed by atoms with Gasteiger partial charge in [0, 0.05) is 11.6 Å². The molecule has 1 aromatic carbocycles. The fourth-order valence-corrected chi connectivity index (χ4v) is 3.37. The summed E-state index contributed by atoms with van der Waals surface area (Å²) >= 11 is 1.86. The Hall–Kier alpha value is -0.610. The summed E-state index contributed by atoms with van der Waals surface area (Å²) < 4.78 is 26.8. The molecule has 2 atom stereocenters. The van der Waals surface area contributed by atoms with Crippen LogP contribution in [-0.4, -0.2) is 17.5 Å². The van der Waals surface area contributed by atoms with Crippen molar-refractivity contribution >= 4 is 11.8 Å². The van der Waals surface area contributed by atoms with Gasteiger partial charge in [-0.25, -0.2) is 8.78 Å². The van der Waals surface area contributed by atoms with Crippen molar-refractivity contribution in [3.8, 4) is 0 Å². The minimum absolute atomic E-state index is 0.131. The summed E-state index contributed by atoms with van der Waals surface area (Å²) in [5.41, 5.74) is 6.13. The normalized spacial score (nSPS) is 22.3. The van der Waals surface area contributed by atoms with Gasteiger partial charge in [-0.1, -0.05) is 6.07 Å². The van der Waals surface area contributed by atoms with Gasteiger partial charge in [-0.2, -0.15) is 11.8 Å². The highest BCUT2D eigenvalue weighted by molar-refractivity contribution is 7.99. The lowest BCUT2D eigenvalue weighted by Crippen LogP contribution is -2.32. The molecular weight excluding hydrogens is 228 g/mol. The lowest BCUT2D eigenvalue weighted by Gasteiger charge is -2.18. The van der Waals surface area contributed by atoms with Crippen molar-refractivity contribution in [2.45, 2.75) is 18.9 Å². The predicted molar refractivity (Wildman–Crippen MR) is 63.5 cm³/mol. The van der Waals surface area contributed by atoms with E-state index in [1.807, 2.05) is 11.8 Å². The fraction of sp³-hybridized carbons (Fsp3) is 0.500. The van der Waals surface area contributed by atoms with Gasteiger partial charge in [-0.15, -0.1) is 0 Å². The Bertz CT molecular complexity index is 344. The summed E-state index contributed by atoms with van der Waals surface area (Å²) in [6.07, 6.45) is 1.35. The van der Waals surface area contributed by atoms with Crippen LogP contribution >= 0.6 is 11.8 Å². The van der Waals surface area contributed by atoms with E-state index < -0.39 is 11.6 Å². The Morgan fingerprint density at radius 3 is 2.62 bits per heavy atom. The Balaban J connectivity index is 2.07. The average molecular weight is 243 g/mol. The number of hydrogen-bond donors (Lipinski definition) is 1. The van der Waals surface area contributed by atoms with Crippen LogP contribution in [0, 0.1) is 17.6 Å². The van der Waals surface area contributed by atoms with Crippen LogP contribution in [-0.2, 0) is 6.42 Å². The molecular formula is C12H15F2NS. The third-order valence-corrected chi connectivity index (χ3v) is 4.26. The largest absolute Gasteiger partial charge is 0.327 e. The van der Waals surface area contributed by atoms with E-state index in [0.29, 0.717) is 12.3 Å². The van der Waals surface area contributed by atoms with E-state index in [9.17, 15) is 8.78 Å². The summed E-state index contributed by atoms with van der Waals surface area (Å²) in [4.78, 5) is 0. The van der Waals surface area contributed by atoms with E-state index in [0.717, 1.165) is 17.9 Å². The molecule has 16 heavy (non-hydrogen) atoms. The standard InChI is InChI=1S/C12H15F2NS/c13-10-2-1-3-11(14)9(10)6-12(15)8-4-5-16-7-8/h1-3,8,12H,4-7,15H2. The molecule has 1 aliphatic heterocycles. The predicted octanol–water partition coefficient (Wildman–Crippen LogP) is 2.59. The minimum Gasteiger partial charge on any atom is -0.327 e. The summed E-state index contributed by atoms with van der Waals surface area (Å²) in [7, 11) is 0. The van der Waals surface area contributed by atoms with Gasteiger partial charge in [0.15, 0.2) is 0 Å². The fourth-order valence-electron chi connectivity index (χ4n) is 2.02. The molecule has 1 aromatic rings. The molecule has 0 amide bonds. The van der Waals surface area contributed by atoms with Crippen LogP contribution in [0.5, 0.6) is 0 Å². The van der Waals surface area contributed by atoms with E-state index in [-0.39, 0.29) is 11.6 Å². The third-order valence-electron chi connectivity index (χ3n) is 3.07. The van der Waals surface area contributed by atoms with Crippen LogP contribution in [0.1, 0.15) is 12.0 Å². The number of hydrogen-bond acceptors (Lipinski definition) is 2. The molecule has 0 radical (unpaired) electrons. The lowest BCUT2D eigenvalue weighted by atomic mass is 9.93. The van der Waals surface area contributed by atoms with Crippen molar-refractivity contribution in [1.82, 2.24) is 0 Å². The topological polar surface area (TPSA) is 26.0 Å². The second-order valence-electron chi connectivity index (χ2n) is 4.19. The first-order valence-corrected chi connectivity index (χ1v) is 6.60. The van der Waals surface area contributed by atoms with Crippen molar-refractivity contribution in [3.05, 3.63) is 35.4 Å². The van der Waals surface area contributed by atoms with Crippen LogP contribution in [0.15, 0.2) is 18.2 Å². The molecule has 2 N–H and O–H groups in total. The van der Waals surface area contributed by atoms with Crippen LogP contribution in [0.25, 0.3) is 0 Å². The zero-order chi connectivity index (χ0) is 11.5. The Morgan fingerprint density at radius 1 is 1.38 bits per heavy atom. The molecule has 0 spiro atoms. The van der Waals surface area contributed by atoms with Crippen LogP contribution < -0.4 is 5.73 Å². The number of nitrogens with two attached hydrogens (primary N) is 1. The molecule has 0 aliphatic carbocycles. The van der Waals surface area contributed by atoms with E-state index in [4.69, 9.17) is 5.73 Å². The zero-order valence-corrected chi connectivity index (χ0v) is 9.77. The van der Waals surface area contributed by atoms with Gasteiger partial charge in [-0.3, -0.25) is 0 Å². The summed E-state index contributed by atoms with van der Waals surface area (Å²) in [5, 5.41) is 0. The number of halogens is 2. The summed E-state index contributed by atoms with van der Waals surface area (Å²) in [6, 6.07) is 3.81. The second-order valence-corrected chi connectivity index (χ2v) is 5.34. The molecule has 0 saturated carbocycles. The summed E-state index contributed by atoms with van der Waals surface area (Å²) in [6.45, 7) is 0.